The van der Waals surface area contributed by atoms with Gasteiger partial charge in [-0.15, -0.1) is 11.3 Å². The number of carbonyl (C=O) groups is 1. The quantitative estimate of drug-likeness (QED) is 0.749. The first-order chi connectivity index (χ1) is 11.7. The number of aryl methyl sites for hydroxylation is 1. The van der Waals surface area contributed by atoms with Crippen molar-refractivity contribution >= 4 is 17.3 Å². The summed E-state index contributed by atoms with van der Waals surface area (Å²) in [4.78, 5) is 14.9. The number of ether oxygens (including phenoxy) is 3. The van der Waals surface area contributed by atoms with E-state index in [2.05, 4.69) is 0 Å². The van der Waals surface area contributed by atoms with Gasteiger partial charge in [0, 0.05) is 4.88 Å². The number of hydrogen-bond acceptors (Lipinski definition) is 5. The molecule has 1 heterocycles. The van der Waals surface area contributed by atoms with Gasteiger partial charge < -0.3 is 14.2 Å². The Balaban J connectivity index is 2.25. The maximum absolute atomic E-state index is 12.7. The van der Waals surface area contributed by atoms with Crippen LogP contribution in [0.25, 0.3) is 10.4 Å². The molecule has 24 heavy (non-hydrogen) atoms. The number of thiophene rings is 1. The summed E-state index contributed by atoms with van der Waals surface area (Å²) in [5.74, 6) is 1.16. The van der Waals surface area contributed by atoms with Gasteiger partial charge in [0.15, 0.2) is 0 Å². The Morgan fingerprint density at radius 2 is 1.79 bits per heavy atom. The number of carbonyl (C=O) groups excluding carboxylic acids is 1. The third-order valence-electron chi connectivity index (χ3n) is 4.31. The van der Waals surface area contributed by atoms with Crippen LogP contribution in [0.1, 0.15) is 40.6 Å². The largest absolute Gasteiger partial charge is 0.496 e. The molecular formula is C19H22O4S. The average molecular weight is 346 g/mol. The van der Waals surface area contributed by atoms with Crippen molar-refractivity contribution in [2.75, 3.05) is 20.8 Å². The zero-order valence-electron chi connectivity index (χ0n) is 14.3. The highest BCUT2D eigenvalue weighted by atomic mass is 32.1. The minimum Gasteiger partial charge on any atom is -0.496 e. The minimum atomic E-state index is -0.250. The van der Waals surface area contributed by atoms with Gasteiger partial charge in [-0.25, -0.2) is 4.79 Å². The van der Waals surface area contributed by atoms with Gasteiger partial charge in [-0.2, -0.15) is 0 Å². The van der Waals surface area contributed by atoms with Crippen LogP contribution in [-0.4, -0.2) is 26.8 Å². The predicted octanol–water partition coefficient (Wildman–Crippen LogP) is 4.49. The molecule has 0 bridgehead atoms. The molecule has 2 aromatic rings. The lowest BCUT2D eigenvalue weighted by atomic mass is 9.93. The van der Waals surface area contributed by atoms with E-state index in [1.807, 2.05) is 25.1 Å². The molecule has 0 amide bonds. The molecule has 1 aliphatic carbocycles. The molecule has 5 heteroatoms. The van der Waals surface area contributed by atoms with E-state index < -0.39 is 0 Å². The predicted molar refractivity (Wildman–Crippen MR) is 95.5 cm³/mol. The minimum absolute atomic E-state index is 0.250. The van der Waals surface area contributed by atoms with Crippen molar-refractivity contribution < 1.29 is 19.0 Å². The lowest BCUT2D eigenvalue weighted by Gasteiger charge is -2.14. The molecule has 0 N–H and O–H groups in total. The Kier molecular flexibility index (Phi) is 5.09. The second kappa shape index (κ2) is 7.26. The fraction of sp³-hybridized carbons (Fsp3) is 0.421. The number of rotatable bonds is 5. The van der Waals surface area contributed by atoms with E-state index in [0.29, 0.717) is 23.7 Å². The van der Waals surface area contributed by atoms with Gasteiger partial charge in [-0.05, 0) is 50.3 Å². The zero-order chi connectivity index (χ0) is 17.1. The molecule has 0 fully saturated rings. The molecule has 0 atom stereocenters. The maximum atomic E-state index is 12.7. The van der Waals surface area contributed by atoms with Crippen LogP contribution >= 0.6 is 11.3 Å². The fourth-order valence-corrected chi connectivity index (χ4v) is 4.67. The molecule has 0 spiro atoms. The molecule has 1 aliphatic rings. The molecule has 4 nitrogen and oxygen atoms in total. The van der Waals surface area contributed by atoms with Crippen molar-refractivity contribution in [1.29, 1.82) is 0 Å². The van der Waals surface area contributed by atoms with Crippen molar-refractivity contribution in [3.63, 3.8) is 0 Å². The highest BCUT2D eigenvalue weighted by Crippen LogP contribution is 2.47. The third kappa shape index (κ3) is 2.88. The van der Waals surface area contributed by atoms with Gasteiger partial charge in [0.2, 0.25) is 0 Å². The Morgan fingerprint density at radius 1 is 1.12 bits per heavy atom. The van der Waals surface area contributed by atoms with E-state index >= 15 is 0 Å². The summed E-state index contributed by atoms with van der Waals surface area (Å²) >= 11 is 1.67. The van der Waals surface area contributed by atoms with Crippen molar-refractivity contribution in [3.8, 4) is 21.9 Å². The van der Waals surface area contributed by atoms with Gasteiger partial charge in [0.05, 0.1) is 36.8 Å². The second-order valence-electron chi connectivity index (χ2n) is 5.67. The summed E-state index contributed by atoms with van der Waals surface area (Å²) in [5.41, 5.74) is 2.68. The first kappa shape index (κ1) is 16.8. The van der Waals surface area contributed by atoms with Gasteiger partial charge in [0.25, 0.3) is 0 Å². The zero-order valence-corrected chi connectivity index (χ0v) is 15.1. The second-order valence-corrected chi connectivity index (χ2v) is 6.78. The first-order valence-electron chi connectivity index (χ1n) is 8.24. The summed E-state index contributed by atoms with van der Waals surface area (Å²) in [6.07, 6.45) is 4.22. The summed E-state index contributed by atoms with van der Waals surface area (Å²) in [6, 6.07) is 5.68. The van der Waals surface area contributed by atoms with E-state index in [-0.39, 0.29) is 5.97 Å². The van der Waals surface area contributed by atoms with E-state index in [1.54, 1.807) is 25.6 Å². The topological polar surface area (TPSA) is 44.8 Å². The van der Waals surface area contributed by atoms with E-state index in [0.717, 1.165) is 41.7 Å². The summed E-state index contributed by atoms with van der Waals surface area (Å²) < 4.78 is 16.4. The van der Waals surface area contributed by atoms with Crippen LogP contribution in [0.5, 0.6) is 11.5 Å². The lowest BCUT2D eigenvalue weighted by Crippen LogP contribution is -2.10. The van der Waals surface area contributed by atoms with Crippen molar-refractivity contribution in [2.24, 2.45) is 0 Å². The van der Waals surface area contributed by atoms with Crippen LogP contribution < -0.4 is 9.47 Å². The van der Waals surface area contributed by atoms with Gasteiger partial charge in [-0.3, -0.25) is 0 Å². The van der Waals surface area contributed by atoms with Gasteiger partial charge in [-0.1, -0.05) is 6.07 Å². The molecule has 1 aromatic heterocycles. The Hall–Kier alpha value is -2.01. The normalized spacial score (nSPS) is 13.3. The molecule has 3 rings (SSSR count). The maximum Gasteiger partial charge on any atom is 0.339 e. The number of fused-ring (bicyclic) bond motifs is 1. The van der Waals surface area contributed by atoms with Crippen molar-refractivity contribution in [3.05, 3.63) is 34.2 Å². The fourth-order valence-electron chi connectivity index (χ4n) is 3.24. The average Bonchev–Trinajstić information content (AvgIpc) is 3.00. The molecule has 0 saturated heterocycles. The molecule has 0 radical (unpaired) electrons. The SMILES string of the molecule is CCOC(=O)c1c(-c2c(OC)cccc2OC)sc2c1CCCC2. The van der Waals surface area contributed by atoms with Crippen LogP contribution in [0.4, 0.5) is 0 Å². The summed E-state index contributed by atoms with van der Waals surface area (Å²) in [5, 5.41) is 0. The lowest BCUT2D eigenvalue weighted by molar-refractivity contribution is 0.0526. The molecule has 1 aromatic carbocycles. The van der Waals surface area contributed by atoms with Crippen LogP contribution in [0.3, 0.4) is 0 Å². The standard InChI is InChI=1S/C19H22O4S/c1-4-23-19(20)16-12-8-5-6-11-15(12)24-18(16)17-13(21-2)9-7-10-14(17)22-3/h7,9-10H,4-6,8,11H2,1-3H3. The molecule has 0 saturated carbocycles. The van der Waals surface area contributed by atoms with Crippen LogP contribution in [0, 0.1) is 0 Å². The first-order valence-corrected chi connectivity index (χ1v) is 9.05. The van der Waals surface area contributed by atoms with Crippen LogP contribution in [-0.2, 0) is 17.6 Å². The highest BCUT2D eigenvalue weighted by molar-refractivity contribution is 7.16. The summed E-state index contributed by atoms with van der Waals surface area (Å²) in [7, 11) is 3.27. The summed E-state index contributed by atoms with van der Waals surface area (Å²) in [6.45, 7) is 2.20. The number of benzene rings is 1. The third-order valence-corrected chi connectivity index (χ3v) is 5.62. The Morgan fingerprint density at radius 3 is 2.42 bits per heavy atom. The van der Waals surface area contributed by atoms with E-state index in [9.17, 15) is 4.79 Å². The van der Waals surface area contributed by atoms with Gasteiger partial charge in [0.1, 0.15) is 11.5 Å². The monoisotopic (exact) mass is 346 g/mol. The molecule has 0 unspecified atom stereocenters. The molecule has 0 aliphatic heterocycles. The number of hydrogen-bond donors (Lipinski definition) is 0. The Bertz CT molecular complexity index is 726. The van der Waals surface area contributed by atoms with E-state index in [1.165, 1.54) is 4.88 Å². The van der Waals surface area contributed by atoms with Crippen LogP contribution in [0.15, 0.2) is 18.2 Å². The highest BCUT2D eigenvalue weighted by Gasteiger charge is 2.29. The van der Waals surface area contributed by atoms with Crippen LogP contribution in [0.2, 0.25) is 0 Å². The number of esters is 1. The molecular weight excluding hydrogens is 324 g/mol. The van der Waals surface area contributed by atoms with E-state index in [4.69, 9.17) is 14.2 Å². The smallest absolute Gasteiger partial charge is 0.339 e. The van der Waals surface area contributed by atoms with Crippen molar-refractivity contribution in [1.82, 2.24) is 0 Å². The van der Waals surface area contributed by atoms with Gasteiger partial charge >= 0.3 is 5.97 Å². The Labute approximate surface area is 146 Å². The number of methoxy groups -OCH3 is 2. The van der Waals surface area contributed by atoms with Crippen molar-refractivity contribution in [2.45, 2.75) is 32.6 Å². The molecule has 128 valence electrons.